The molecule has 0 saturated carbocycles. The van der Waals surface area contributed by atoms with Gasteiger partial charge in [-0.05, 0) is 30.7 Å². The van der Waals surface area contributed by atoms with Crippen molar-refractivity contribution in [3.8, 4) is 0 Å². The zero-order valence-electron chi connectivity index (χ0n) is 16.9. The molecule has 0 bridgehead atoms. The van der Waals surface area contributed by atoms with Crippen LogP contribution in [-0.2, 0) is 22.1 Å². The highest BCUT2D eigenvalue weighted by molar-refractivity contribution is 7.85. The van der Waals surface area contributed by atoms with Gasteiger partial charge in [-0.2, -0.15) is 0 Å². The molecule has 1 amide bonds. The quantitative estimate of drug-likeness (QED) is 0.690. The van der Waals surface area contributed by atoms with Crippen molar-refractivity contribution in [2.45, 2.75) is 30.8 Å². The van der Waals surface area contributed by atoms with Gasteiger partial charge in [0.25, 0.3) is 0 Å². The lowest BCUT2D eigenvalue weighted by Gasteiger charge is -2.25. The van der Waals surface area contributed by atoms with E-state index in [0.29, 0.717) is 31.8 Å². The first-order valence-electron chi connectivity index (χ1n) is 10.2. The monoisotopic (exact) mass is 420 g/mol. The molecular formula is C23H24N4O2S. The summed E-state index contributed by atoms with van der Waals surface area (Å²) in [7, 11) is -1.03. The van der Waals surface area contributed by atoms with Gasteiger partial charge in [0.2, 0.25) is 5.91 Å². The van der Waals surface area contributed by atoms with Crippen molar-refractivity contribution in [1.82, 2.24) is 4.98 Å². The van der Waals surface area contributed by atoms with Crippen molar-refractivity contribution >= 4 is 39.1 Å². The van der Waals surface area contributed by atoms with Gasteiger partial charge in [-0.15, -0.1) is 0 Å². The summed E-state index contributed by atoms with van der Waals surface area (Å²) in [5.41, 5.74) is 9.95. The van der Waals surface area contributed by atoms with Gasteiger partial charge in [0, 0.05) is 54.2 Å². The number of fused-ring (bicyclic) bond motifs is 2. The summed E-state index contributed by atoms with van der Waals surface area (Å²) in [4.78, 5) is 22.4. The highest BCUT2D eigenvalue weighted by Gasteiger charge is 2.30. The maximum absolute atomic E-state index is 12.7. The van der Waals surface area contributed by atoms with Crippen molar-refractivity contribution in [3.05, 3.63) is 59.7 Å². The number of nitrogens with zero attached hydrogens (tertiary/aromatic N) is 3. The van der Waals surface area contributed by atoms with E-state index in [-0.39, 0.29) is 11.9 Å². The molecule has 0 radical (unpaired) electrons. The van der Waals surface area contributed by atoms with Crippen LogP contribution in [0.15, 0.2) is 53.4 Å². The molecule has 30 heavy (non-hydrogen) atoms. The number of hydrogen-bond acceptors (Lipinski definition) is 5. The number of anilines is 2. The molecule has 5 rings (SSSR count). The fourth-order valence-electron chi connectivity index (χ4n) is 4.30. The summed E-state index contributed by atoms with van der Waals surface area (Å²) in [5.74, 6) is 1.39. The number of aromatic nitrogens is 1. The van der Waals surface area contributed by atoms with Crippen LogP contribution in [-0.4, -0.2) is 40.0 Å². The van der Waals surface area contributed by atoms with Gasteiger partial charge in [-0.3, -0.25) is 9.00 Å². The van der Waals surface area contributed by atoms with Crippen LogP contribution in [0.5, 0.6) is 0 Å². The number of nitrogens with two attached hydrogens (primary N) is 1. The van der Waals surface area contributed by atoms with E-state index in [2.05, 4.69) is 11.0 Å². The summed E-state index contributed by atoms with van der Waals surface area (Å²) in [5, 5.41) is 0.958. The first kappa shape index (κ1) is 19.2. The highest BCUT2D eigenvalue weighted by Crippen LogP contribution is 2.34. The number of benzene rings is 2. The zero-order valence-corrected chi connectivity index (χ0v) is 17.7. The number of aryl methyl sites for hydroxylation is 1. The van der Waals surface area contributed by atoms with Crippen molar-refractivity contribution in [2.75, 3.05) is 28.6 Å². The second-order valence-electron chi connectivity index (χ2n) is 8.07. The van der Waals surface area contributed by atoms with Crippen LogP contribution >= 0.6 is 0 Å². The van der Waals surface area contributed by atoms with Crippen molar-refractivity contribution < 1.29 is 9.00 Å². The summed E-state index contributed by atoms with van der Waals surface area (Å²) < 4.78 is 12.7. The Labute approximate surface area is 178 Å². The SMILES string of the molecule is Cc1ccc2nc(N3CCS(=O)c4ccccc4C3)cc(N3CC(N)CC3=O)c2c1. The molecule has 1 saturated heterocycles. The predicted octanol–water partition coefficient (Wildman–Crippen LogP) is 2.74. The van der Waals surface area contributed by atoms with Crippen LogP contribution in [0.4, 0.5) is 11.5 Å². The molecule has 2 aromatic carbocycles. The molecule has 2 aliphatic heterocycles. The normalized spacial score (nSPS) is 21.7. The smallest absolute Gasteiger partial charge is 0.228 e. The molecule has 2 unspecified atom stereocenters. The Morgan fingerprint density at radius 2 is 2.00 bits per heavy atom. The van der Waals surface area contributed by atoms with E-state index in [1.807, 2.05) is 49.4 Å². The molecule has 6 nitrogen and oxygen atoms in total. The minimum Gasteiger partial charge on any atom is -0.351 e. The lowest BCUT2D eigenvalue weighted by Crippen LogP contribution is -2.29. The number of carbonyl (C=O) groups is 1. The molecule has 1 aromatic heterocycles. The molecule has 3 aromatic rings. The molecule has 2 aliphatic rings. The maximum Gasteiger partial charge on any atom is 0.228 e. The Morgan fingerprint density at radius 1 is 1.17 bits per heavy atom. The first-order valence-corrected chi connectivity index (χ1v) is 11.5. The molecule has 154 valence electrons. The summed E-state index contributed by atoms with van der Waals surface area (Å²) in [6.07, 6.45) is 0.362. The highest BCUT2D eigenvalue weighted by atomic mass is 32.2. The van der Waals surface area contributed by atoms with Crippen molar-refractivity contribution in [1.29, 1.82) is 0 Å². The molecule has 0 aliphatic carbocycles. The van der Waals surface area contributed by atoms with E-state index in [1.54, 1.807) is 4.90 Å². The van der Waals surface area contributed by atoms with Crippen molar-refractivity contribution in [2.24, 2.45) is 5.73 Å². The van der Waals surface area contributed by atoms with E-state index in [4.69, 9.17) is 10.7 Å². The Balaban J connectivity index is 1.63. The number of carbonyl (C=O) groups excluding carboxylic acids is 1. The first-order chi connectivity index (χ1) is 14.5. The summed E-state index contributed by atoms with van der Waals surface area (Å²) in [6, 6.07) is 15.8. The van der Waals surface area contributed by atoms with E-state index in [0.717, 1.165) is 38.4 Å². The minimum absolute atomic E-state index is 0.0461. The third kappa shape index (κ3) is 3.38. The van der Waals surface area contributed by atoms with E-state index < -0.39 is 10.8 Å². The van der Waals surface area contributed by atoms with Gasteiger partial charge in [0.05, 0.1) is 22.0 Å². The lowest BCUT2D eigenvalue weighted by atomic mass is 10.1. The molecule has 0 spiro atoms. The summed E-state index contributed by atoms with van der Waals surface area (Å²) in [6.45, 7) is 3.83. The molecule has 2 N–H and O–H groups in total. The second kappa shape index (κ2) is 7.49. The maximum atomic E-state index is 12.7. The van der Waals surface area contributed by atoms with Crippen LogP contribution in [0.1, 0.15) is 17.5 Å². The zero-order chi connectivity index (χ0) is 20.8. The van der Waals surface area contributed by atoms with Crippen LogP contribution in [0.3, 0.4) is 0 Å². The van der Waals surface area contributed by atoms with Crippen molar-refractivity contribution in [3.63, 3.8) is 0 Å². The topological polar surface area (TPSA) is 79.5 Å². The summed E-state index contributed by atoms with van der Waals surface area (Å²) >= 11 is 0. The third-order valence-corrected chi connectivity index (χ3v) is 7.27. The Morgan fingerprint density at radius 3 is 2.80 bits per heavy atom. The van der Waals surface area contributed by atoms with E-state index in [9.17, 15) is 9.00 Å². The lowest BCUT2D eigenvalue weighted by molar-refractivity contribution is -0.117. The van der Waals surface area contributed by atoms with Gasteiger partial charge in [0.1, 0.15) is 5.82 Å². The van der Waals surface area contributed by atoms with Gasteiger partial charge < -0.3 is 15.5 Å². The van der Waals surface area contributed by atoms with Gasteiger partial charge in [0.15, 0.2) is 0 Å². The van der Waals surface area contributed by atoms with E-state index in [1.165, 1.54) is 0 Å². The van der Waals surface area contributed by atoms with Crippen LogP contribution < -0.4 is 15.5 Å². The van der Waals surface area contributed by atoms with Crippen LogP contribution in [0, 0.1) is 6.92 Å². The van der Waals surface area contributed by atoms with Gasteiger partial charge in [-0.25, -0.2) is 4.98 Å². The van der Waals surface area contributed by atoms with Gasteiger partial charge >= 0.3 is 0 Å². The minimum atomic E-state index is -1.03. The third-order valence-electron chi connectivity index (χ3n) is 5.82. The Bertz CT molecular complexity index is 1180. The Hall–Kier alpha value is -2.77. The van der Waals surface area contributed by atoms with E-state index >= 15 is 0 Å². The molecule has 3 heterocycles. The predicted molar refractivity (Wildman–Crippen MR) is 120 cm³/mol. The largest absolute Gasteiger partial charge is 0.351 e. The van der Waals surface area contributed by atoms with Crippen LogP contribution in [0.2, 0.25) is 0 Å². The number of pyridine rings is 1. The molecule has 1 fully saturated rings. The fraction of sp³-hybridized carbons (Fsp3) is 0.304. The van der Waals surface area contributed by atoms with Gasteiger partial charge in [-0.1, -0.05) is 29.8 Å². The van der Waals surface area contributed by atoms with Crippen LogP contribution in [0.25, 0.3) is 10.9 Å². The molecule has 7 heteroatoms. The Kier molecular flexibility index (Phi) is 4.79. The standard InChI is InChI=1S/C23H24N4O2S/c1-15-6-7-19-18(10-15)20(27-14-17(24)11-23(27)28)12-22(25-19)26-8-9-30(29)21-5-3-2-4-16(21)13-26/h2-7,10,12,17H,8-9,11,13-14,24H2,1H3. The average molecular weight is 421 g/mol. The fourth-order valence-corrected chi connectivity index (χ4v) is 5.56. The number of amides is 1. The average Bonchev–Trinajstić information content (AvgIpc) is 2.97. The molecule has 2 atom stereocenters. The molecular weight excluding hydrogens is 396 g/mol. The number of hydrogen-bond donors (Lipinski definition) is 1. The number of rotatable bonds is 2. The second-order valence-corrected chi connectivity index (χ2v) is 9.61.